The van der Waals surface area contributed by atoms with Gasteiger partial charge in [-0.15, -0.1) is 12.4 Å². The third-order valence-corrected chi connectivity index (χ3v) is 6.91. The van der Waals surface area contributed by atoms with Gasteiger partial charge < -0.3 is 10.6 Å². The van der Waals surface area contributed by atoms with Crippen LogP contribution in [0, 0.1) is 12.8 Å². The van der Waals surface area contributed by atoms with Crippen LogP contribution in [0.2, 0.25) is 0 Å². The number of aryl methyl sites for hydroxylation is 1. The first-order valence-corrected chi connectivity index (χ1v) is 10.5. The van der Waals surface area contributed by atoms with Crippen molar-refractivity contribution < 1.29 is 13.2 Å². The van der Waals surface area contributed by atoms with E-state index in [-0.39, 0.29) is 30.3 Å². The molecule has 2 aliphatic rings. The highest BCUT2D eigenvalue weighted by Gasteiger charge is 2.31. The molecule has 0 spiro atoms. The number of benzene rings is 1. The molecule has 0 radical (unpaired) electrons. The zero-order chi connectivity index (χ0) is 17.9. The number of carbonyl (C=O) groups excluding carboxylic acids is 1. The van der Waals surface area contributed by atoms with E-state index in [1.165, 1.54) is 0 Å². The second kappa shape index (κ2) is 9.17. The SMILES string of the molecule is Cc1cccc(S(=O)(=O)N2CCCC(CNC(=O)C3CCCN3)C2)c1.Cl. The average molecular weight is 402 g/mol. The van der Waals surface area contributed by atoms with Gasteiger partial charge in [0.25, 0.3) is 0 Å². The first kappa shape index (κ1) is 21.2. The molecule has 1 amide bonds. The predicted octanol–water partition coefficient (Wildman–Crippen LogP) is 1.69. The molecule has 146 valence electrons. The van der Waals surface area contributed by atoms with Gasteiger partial charge in [0.2, 0.25) is 15.9 Å². The number of rotatable bonds is 5. The smallest absolute Gasteiger partial charge is 0.243 e. The van der Waals surface area contributed by atoms with Gasteiger partial charge in [-0.3, -0.25) is 4.79 Å². The molecule has 2 fully saturated rings. The van der Waals surface area contributed by atoms with Crippen LogP contribution in [-0.2, 0) is 14.8 Å². The minimum Gasteiger partial charge on any atom is -0.354 e. The molecule has 2 atom stereocenters. The van der Waals surface area contributed by atoms with Crippen LogP contribution in [0.5, 0.6) is 0 Å². The van der Waals surface area contributed by atoms with Gasteiger partial charge in [0, 0.05) is 19.6 Å². The summed E-state index contributed by atoms with van der Waals surface area (Å²) in [4.78, 5) is 12.5. The minimum atomic E-state index is -3.46. The second-order valence-corrected chi connectivity index (χ2v) is 9.02. The first-order chi connectivity index (χ1) is 12.0. The van der Waals surface area contributed by atoms with Gasteiger partial charge in [0.15, 0.2) is 0 Å². The van der Waals surface area contributed by atoms with Crippen molar-refractivity contribution in [1.29, 1.82) is 0 Å². The monoisotopic (exact) mass is 401 g/mol. The van der Waals surface area contributed by atoms with E-state index in [0.29, 0.717) is 24.5 Å². The fourth-order valence-corrected chi connectivity index (χ4v) is 5.27. The molecule has 1 aromatic rings. The lowest BCUT2D eigenvalue weighted by molar-refractivity contribution is -0.123. The Kier molecular flexibility index (Phi) is 7.46. The Morgan fingerprint density at radius 3 is 2.81 bits per heavy atom. The van der Waals surface area contributed by atoms with Crippen molar-refractivity contribution in [3.63, 3.8) is 0 Å². The van der Waals surface area contributed by atoms with Crippen molar-refractivity contribution in [2.24, 2.45) is 5.92 Å². The van der Waals surface area contributed by atoms with E-state index in [4.69, 9.17) is 0 Å². The van der Waals surface area contributed by atoms with Crippen molar-refractivity contribution in [3.05, 3.63) is 29.8 Å². The molecular formula is C18H28ClN3O3S. The topological polar surface area (TPSA) is 78.5 Å². The minimum absolute atomic E-state index is 0. The maximum absolute atomic E-state index is 12.9. The average Bonchev–Trinajstić information content (AvgIpc) is 3.15. The molecular weight excluding hydrogens is 374 g/mol. The van der Waals surface area contributed by atoms with Crippen LogP contribution in [0.15, 0.2) is 29.2 Å². The Hall–Kier alpha value is -1.15. The highest BCUT2D eigenvalue weighted by atomic mass is 35.5. The van der Waals surface area contributed by atoms with Crippen LogP contribution < -0.4 is 10.6 Å². The zero-order valence-electron chi connectivity index (χ0n) is 15.1. The Labute approximate surface area is 162 Å². The van der Waals surface area contributed by atoms with Crippen LogP contribution >= 0.6 is 12.4 Å². The van der Waals surface area contributed by atoms with Gasteiger partial charge in [0.05, 0.1) is 10.9 Å². The molecule has 0 bridgehead atoms. The molecule has 2 unspecified atom stereocenters. The fraction of sp³-hybridized carbons (Fsp3) is 0.611. The summed E-state index contributed by atoms with van der Waals surface area (Å²) >= 11 is 0. The Bertz CT molecular complexity index is 720. The molecule has 1 aromatic carbocycles. The Morgan fingerprint density at radius 2 is 2.12 bits per heavy atom. The molecule has 6 nitrogen and oxygen atoms in total. The summed E-state index contributed by atoms with van der Waals surface area (Å²) in [6.07, 6.45) is 3.68. The summed E-state index contributed by atoms with van der Waals surface area (Å²) in [6, 6.07) is 6.95. The van der Waals surface area contributed by atoms with Crippen LogP contribution in [0.25, 0.3) is 0 Å². The number of hydrogen-bond acceptors (Lipinski definition) is 4. The molecule has 8 heteroatoms. The first-order valence-electron chi connectivity index (χ1n) is 9.05. The van der Waals surface area contributed by atoms with E-state index in [2.05, 4.69) is 10.6 Å². The van der Waals surface area contributed by atoms with E-state index in [1.807, 2.05) is 13.0 Å². The summed E-state index contributed by atoms with van der Waals surface area (Å²) in [5.41, 5.74) is 0.936. The summed E-state index contributed by atoms with van der Waals surface area (Å²) in [7, 11) is -3.46. The van der Waals surface area contributed by atoms with Crippen molar-refractivity contribution in [1.82, 2.24) is 14.9 Å². The summed E-state index contributed by atoms with van der Waals surface area (Å²) in [5, 5.41) is 6.18. The van der Waals surface area contributed by atoms with Gasteiger partial charge >= 0.3 is 0 Å². The number of nitrogens with zero attached hydrogens (tertiary/aromatic N) is 1. The van der Waals surface area contributed by atoms with Crippen molar-refractivity contribution in [2.45, 2.75) is 43.5 Å². The van der Waals surface area contributed by atoms with Gasteiger partial charge in [-0.1, -0.05) is 12.1 Å². The summed E-state index contributed by atoms with van der Waals surface area (Å²) in [6.45, 7) is 4.34. The summed E-state index contributed by atoms with van der Waals surface area (Å²) < 4.78 is 27.3. The molecule has 2 saturated heterocycles. The number of amides is 1. The zero-order valence-corrected chi connectivity index (χ0v) is 16.7. The molecule has 0 saturated carbocycles. The standard InChI is InChI=1S/C18H27N3O3S.ClH/c1-14-5-2-7-16(11-14)25(23,24)21-10-4-6-15(13-21)12-20-18(22)17-8-3-9-19-17;/h2,5,7,11,15,17,19H,3-4,6,8-10,12-13H2,1H3,(H,20,22);1H. The van der Waals surface area contributed by atoms with Gasteiger partial charge in [-0.25, -0.2) is 8.42 Å². The van der Waals surface area contributed by atoms with E-state index < -0.39 is 10.0 Å². The van der Waals surface area contributed by atoms with Crippen LogP contribution in [0.3, 0.4) is 0 Å². The summed E-state index contributed by atoms with van der Waals surface area (Å²) in [5.74, 6) is 0.204. The molecule has 0 aliphatic carbocycles. The maximum atomic E-state index is 12.9. The highest BCUT2D eigenvalue weighted by molar-refractivity contribution is 7.89. The molecule has 2 heterocycles. The van der Waals surface area contributed by atoms with Crippen LogP contribution in [0.4, 0.5) is 0 Å². The second-order valence-electron chi connectivity index (χ2n) is 7.08. The number of piperidine rings is 1. The van der Waals surface area contributed by atoms with E-state index >= 15 is 0 Å². The number of halogens is 1. The Balaban J connectivity index is 0.00000243. The molecule has 26 heavy (non-hydrogen) atoms. The molecule has 0 aromatic heterocycles. The van der Waals surface area contributed by atoms with Crippen molar-refractivity contribution in [2.75, 3.05) is 26.2 Å². The molecule has 3 rings (SSSR count). The van der Waals surface area contributed by atoms with E-state index in [1.54, 1.807) is 22.5 Å². The lowest BCUT2D eigenvalue weighted by Gasteiger charge is -2.32. The lowest BCUT2D eigenvalue weighted by atomic mass is 9.99. The number of sulfonamides is 1. The molecule has 2 N–H and O–H groups in total. The molecule has 2 aliphatic heterocycles. The fourth-order valence-electron chi connectivity index (χ4n) is 3.61. The lowest BCUT2D eigenvalue weighted by Crippen LogP contribution is -2.46. The number of hydrogen-bond donors (Lipinski definition) is 2. The normalized spacial score (nSPS) is 24.0. The van der Waals surface area contributed by atoms with Gasteiger partial charge in [0.1, 0.15) is 0 Å². The maximum Gasteiger partial charge on any atom is 0.243 e. The van der Waals surface area contributed by atoms with E-state index in [9.17, 15) is 13.2 Å². The Morgan fingerprint density at radius 1 is 1.31 bits per heavy atom. The van der Waals surface area contributed by atoms with Crippen molar-refractivity contribution >= 4 is 28.3 Å². The highest BCUT2D eigenvalue weighted by Crippen LogP contribution is 2.24. The van der Waals surface area contributed by atoms with E-state index in [0.717, 1.165) is 37.8 Å². The van der Waals surface area contributed by atoms with Crippen LogP contribution in [-0.4, -0.2) is 50.9 Å². The predicted molar refractivity (Wildman–Crippen MR) is 104 cm³/mol. The third-order valence-electron chi connectivity index (χ3n) is 5.05. The quantitative estimate of drug-likeness (QED) is 0.786. The number of carbonyl (C=O) groups is 1. The van der Waals surface area contributed by atoms with Crippen LogP contribution in [0.1, 0.15) is 31.2 Å². The van der Waals surface area contributed by atoms with Gasteiger partial charge in [-0.2, -0.15) is 4.31 Å². The van der Waals surface area contributed by atoms with Crippen molar-refractivity contribution in [3.8, 4) is 0 Å². The largest absolute Gasteiger partial charge is 0.354 e. The number of nitrogens with one attached hydrogen (secondary N) is 2. The third kappa shape index (κ3) is 4.97. The van der Waals surface area contributed by atoms with Gasteiger partial charge in [-0.05, 0) is 62.8 Å².